The second-order valence-electron chi connectivity index (χ2n) is 4.96. The molecule has 2 aliphatic rings. The first-order valence-electron chi connectivity index (χ1n) is 6.65. The molecule has 0 radical (unpaired) electrons. The number of piperazine rings is 1. The molecule has 5 heteroatoms. The highest BCUT2D eigenvalue weighted by atomic mass is 16.7. The van der Waals surface area contributed by atoms with E-state index in [1.165, 1.54) is 19.6 Å². The summed E-state index contributed by atoms with van der Waals surface area (Å²) in [6.45, 7) is 9.26. The lowest BCUT2D eigenvalue weighted by Crippen LogP contribution is -2.46. The monoisotopic (exact) mass is 243 g/mol. The van der Waals surface area contributed by atoms with Crippen molar-refractivity contribution < 1.29 is 9.47 Å². The van der Waals surface area contributed by atoms with Crippen LogP contribution in [0.5, 0.6) is 0 Å². The minimum Gasteiger partial charge on any atom is -0.355 e. The van der Waals surface area contributed by atoms with Crippen molar-refractivity contribution in [1.82, 2.24) is 15.1 Å². The summed E-state index contributed by atoms with van der Waals surface area (Å²) >= 11 is 0. The number of ether oxygens (including phenoxy) is 2. The van der Waals surface area contributed by atoms with Crippen molar-refractivity contribution in [3.05, 3.63) is 0 Å². The first-order chi connectivity index (χ1) is 8.34. The van der Waals surface area contributed by atoms with Crippen LogP contribution in [0.4, 0.5) is 0 Å². The predicted molar refractivity (Wildman–Crippen MR) is 67.1 cm³/mol. The van der Waals surface area contributed by atoms with Gasteiger partial charge in [0.1, 0.15) is 6.79 Å². The van der Waals surface area contributed by atoms with Crippen molar-refractivity contribution in [2.24, 2.45) is 0 Å². The van der Waals surface area contributed by atoms with Gasteiger partial charge in [-0.15, -0.1) is 0 Å². The van der Waals surface area contributed by atoms with Gasteiger partial charge in [-0.05, 0) is 13.5 Å². The number of nitrogens with one attached hydrogen (secondary N) is 1. The number of hydrogen-bond acceptors (Lipinski definition) is 5. The van der Waals surface area contributed by atoms with Crippen molar-refractivity contribution in [3.8, 4) is 0 Å². The third kappa shape index (κ3) is 4.89. The highest BCUT2D eigenvalue weighted by Gasteiger charge is 2.17. The molecule has 5 nitrogen and oxygen atoms in total. The third-order valence-corrected chi connectivity index (χ3v) is 3.49. The maximum absolute atomic E-state index is 5.55. The van der Waals surface area contributed by atoms with E-state index in [0.29, 0.717) is 12.9 Å². The van der Waals surface area contributed by atoms with E-state index in [4.69, 9.17) is 9.47 Å². The molecule has 1 unspecified atom stereocenters. The largest absolute Gasteiger partial charge is 0.355 e. The molecule has 1 atom stereocenters. The van der Waals surface area contributed by atoms with Crippen molar-refractivity contribution in [2.45, 2.75) is 12.5 Å². The summed E-state index contributed by atoms with van der Waals surface area (Å²) in [6.07, 6.45) is 1.38. The maximum atomic E-state index is 5.55. The van der Waals surface area contributed by atoms with Crippen LogP contribution in [0.15, 0.2) is 0 Å². The lowest BCUT2D eigenvalue weighted by molar-refractivity contribution is -0.143. The minimum absolute atomic E-state index is 0.358. The Balaban J connectivity index is 1.57. The zero-order valence-corrected chi connectivity index (χ0v) is 10.9. The molecule has 100 valence electrons. The first kappa shape index (κ1) is 13.2. The SMILES string of the molecule is CN(CCN1CCNCC1)CC1CCOCO1. The van der Waals surface area contributed by atoms with Crippen LogP contribution in [-0.4, -0.2) is 82.2 Å². The fourth-order valence-corrected chi connectivity index (χ4v) is 2.33. The molecule has 2 fully saturated rings. The highest BCUT2D eigenvalue weighted by Crippen LogP contribution is 2.07. The van der Waals surface area contributed by atoms with Crippen LogP contribution in [-0.2, 0) is 9.47 Å². The first-order valence-corrected chi connectivity index (χ1v) is 6.65. The molecule has 2 rings (SSSR count). The second kappa shape index (κ2) is 7.28. The van der Waals surface area contributed by atoms with Gasteiger partial charge in [0.25, 0.3) is 0 Å². The van der Waals surface area contributed by atoms with Gasteiger partial charge < -0.3 is 19.7 Å². The number of likely N-dealkylation sites (N-methyl/N-ethyl adjacent to an activating group) is 1. The van der Waals surface area contributed by atoms with Crippen LogP contribution in [0.1, 0.15) is 6.42 Å². The van der Waals surface area contributed by atoms with Crippen LogP contribution in [0.2, 0.25) is 0 Å². The zero-order valence-electron chi connectivity index (χ0n) is 10.9. The summed E-state index contributed by atoms with van der Waals surface area (Å²) in [6, 6.07) is 0. The lowest BCUT2D eigenvalue weighted by atomic mass is 10.2. The average molecular weight is 243 g/mol. The molecule has 0 spiro atoms. The Morgan fingerprint density at radius 1 is 1.35 bits per heavy atom. The van der Waals surface area contributed by atoms with Gasteiger partial charge in [-0.2, -0.15) is 0 Å². The topological polar surface area (TPSA) is 37.0 Å². The van der Waals surface area contributed by atoms with Gasteiger partial charge >= 0.3 is 0 Å². The van der Waals surface area contributed by atoms with Gasteiger partial charge in [-0.25, -0.2) is 0 Å². The van der Waals surface area contributed by atoms with E-state index in [9.17, 15) is 0 Å². The van der Waals surface area contributed by atoms with Crippen molar-refractivity contribution in [1.29, 1.82) is 0 Å². The summed E-state index contributed by atoms with van der Waals surface area (Å²) in [5.74, 6) is 0. The summed E-state index contributed by atoms with van der Waals surface area (Å²) < 4.78 is 10.7. The quantitative estimate of drug-likeness (QED) is 0.710. The van der Waals surface area contributed by atoms with Crippen molar-refractivity contribution in [3.63, 3.8) is 0 Å². The molecule has 0 bridgehead atoms. The number of rotatable bonds is 5. The van der Waals surface area contributed by atoms with E-state index in [1.54, 1.807) is 0 Å². The van der Waals surface area contributed by atoms with E-state index < -0.39 is 0 Å². The van der Waals surface area contributed by atoms with E-state index in [-0.39, 0.29) is 0 Å². The second-order valence-corrected chi connectivity index (χ2v) is 4.96. The van der Waals surface area contributed by atoms with Crippen LogP contribution in [0.3, 0.4) is 0 Å². The van der Waals surface area contributed by atoms with Gasteiger partial charge in [0.2, 0.25) is 0 Å². The molecule has 0 saturated carbocycles. The van der Waals surface area contributed by atoms with Gasteiger partial charge in [-0.1, -0.05) is 0 Å². The Labute approximate surface area is 104 Å². The van der Waals surface area contributed by atoms with Gasteiger partial charge in [-0.3, -0.25) is 4.90 Å². The van der Waals surface area contributed by atoms with Gasteiger partial charge in [0.15, 0.2) is 0 Å². The maximum Gasteiger partial charge on any atom is 0.147 e. The van der Waals surface area contributed by atoms with Gasteiger partial charge in [0.05, 0.1) is 12.7 Å². The van der Waals surface area contributed by atoms with Crippen LogP contribution >= 0.6 is 0 Å². The Kier molecular flexibility index (Phi) is 5.67. The standard InChI is InChI=1S/C12H25N3O2/c1-14(10-12-2-9-16-11-17-12)7-8-15-5-3-13-4-6-15/h12-13H,2-11H2,1H3. The third-order valence-electron chi connectivity index (χ3n) is 3.49. The zero-order chi connectivity index (χ0) is 11.9. The Morgan fingerprint density at radius 3 is 2.88 bits per heavy atom. The Morgan fingerprint density at radius 2 is 2.18 bits per heavy atom. The minimum atomic E-state index is 0.358. The normalized spacial score (nSPS) is 27.5. The predicted octanol–water partition coefficient (Wildman–Crippen LogP) is -0.414. The summed E-state index contributed by atoms with van der Waals surface area (Å²) in [4.78, 5) is 4.90. The molecule has 2 heterocycles. The van der Waals surface area contributed by atoms with E-state index in [0.717, 1.165) is 39.2 Å². The molecule has 0 aliphatic carbocycles. The number of nitrogens with zero attached hydrogens (tertiary/aromatic N) is 2. The molecular formula is C12H25N3O2. The van der Waals surface area contributed by atoms with Crippen molar-refractivity contribution >= 4 is 0 Å². The van der Waals surface area contributed by atoms with E-state index >= 15 is 0 Å². The van der Waals surface area contributed by atoms with Gasteiger partial charge in [0, 0.05) is 45.8 Å². The molecule has 2 aliphatic heterocycles. The lowest BCUT2D eigenvalue weighted by Gasteiger charge is -2.31. The molecule has 1 N–H and O–H groups in total. The molecule has 0 aromatic rings. The summed E-state index contributed by atoms with van der Waals surface area (Å²) in [5, 5.41) is 3.38. The van der Waals surface area contributed by atoms with Crippen molar-refractivity contribution in [2.75, 3.05) is 66.3 Å². The smallest absolute Gasteiger partial charge is 0.147 e. The fourth-order valence-electron chi connectivity index (χ4n) is 2.33. The van der Waals surface area contributed by atoms with Crippen LogP contribution in [0, 0.1) is 0 Å². The molecule has 2 saturated heterocycles. The molecule has 17 heavy (non-hydrogen) atoms. The Bertz CT molecular complexity index is 204. The molecule has 0 aromatic carbocycles. The summed E-state index contributed by atoms with van der Waals surface area (Å²) in [5.41, 5.74) is 0. The number of hydrogen-bond donors (Lipinski definition) is 1. The Hall–Kier alpha value is -0.200. The van der Waals surface area contributed by atoms with Crippen LogP contribution < -0.4 is 5.32 Å². The molecular weight excluding hydrogens is 218 g/mol. The summed E-state index contributed by atoms with van der Waals surface area (Å²) in [7, 11) is 2.18. The van der Waals surface area contributed by atoms with E-state index in [2.05, 4.69) is 22.2 Å². The highest BCUT2D eigenvalue weighted by molar-refractivity contribution is 4.70. The van der Waals surface area contributed by atoms with Crippen LogP contribution in [0.25, 0.3) is 0 Å². The fraction of sp³-hybridized carbons (Fsp3) is 1.00. The van der Waals surface area contributed by atoms with E-state index in [1.807, 2.05) is 0 Å². The molecule has 0 aromatic heterocycles. The molecule has 0 amide bonds. The average Bonchev–Trinajstić information content (AvgIpc) is 2.39.